The van der Waals surface area contributed by atoms with Crippen molar-refractivity contribution in [1.82, 2.24) is 25.5 Å². The molecule has 70 heavy (non-hydrogen) atoms. The number of halogens is 1. The number of hydrogen-bond donors (Lipinski definition) is 4. The Balaban J connectivity index is 0.000000403. The third kappa shape index (κ3) is 17.3. The number of rotatable bonds is 21. The molecule has 16 heteroatoms. The van der Waals surface area contributed by atoms with Gasteiger partial charge in [-0.05, 0) is 92.0 Å². The molecule has 2 amide bonds. The number of hydroxylamine groups is 1. The van der Waals surface area contributed by atoms with E-state index in [9.17, 15) is 29.6 Å². The number of hydrogen-bond acceptors (Lipinski definition) is 14. The van der Waals surface area contributed by atoms with E-state index in [0.717, 1.165) is 47.5 Å². The fraction of sp³-hybridized carbons (Fsp3) is 0.463. The molecule has 5 N–H and O–H groups in total. The average Bonchev–Trinajstić information content (AvgIpc) is 3.34. The minimum Gasteiger partial charge on any atom is -0.491 e. The SMILES string of the molecule is CC/C(=C/N(N)CCCOc1c(Cl)cc(C(C)(C)c2ccc(OCc3ccnc(NN(C)O)n3)cc2)cc1C#N)C(C)CC.CC1CCC(=O)NC1=O.CCc1cccc(C(=O)C(C)CC)c1C(C)=O. The van der Waals surface area contributed by atoms with Crippen LogP contribution in [0.1, 0.15) is 156 Å². The maximum absolute atomic E-state index is 12.2. The van der Waals surface area contributed by atoms with Gasteiger partial charge in [0.25, 0.3) is 0 Å². The number of hydrazine groups is 2. The van der Waals surface area contributed by atoms with Gasteiger partial charge >= 0.3 is 0 Å². The van der Waals surface area contributed by atoms with Crippen molar-refractivity contribution in [2.45, 2.75) is 126 Å². The van der Waals surface area contributed by atoms with Gasteiger partial charge in [0.1, 0.15) is 18.4 Å². The van der Waals surface area contributed by atoms with Crippen LogP contribution >= 0.6 is 11.6 Å². The molecule has 1 aliphatic heterocycles. The van der Waals surface area contributed by atoms with Gasteiger partial charge in [0, 0.05) is 67.2 Å². The lowest BCUT2D eigenvalue weighted by Crippen LogP contribution is -2.39. The molecule has 4 aromatic rings. The first kappa shape index (κ1) is 58.1. The Morgan fingerprint density at radius 3 is 2.30 bits per heavy atom. The molecule has 1 aromatic heterocycles. The van der Waals surface area contributed by atoms with E-state index in [1.807, 2.05) is 82.4 Å². The fourth-order valence-corrected chi connectivity index (χ4v) is 7.72. The van der Waals surface area contributed by atoms with Crippen LogP contribution in [0, 0.1) is 29.1 Å². The smallest absolute Gasteiger partial charge is 0.239 e. The number of amides is 2. The number of aromatic nitrogens is 2. The molecule has 3 unspecified atom stereocenters. The molecule has 0 saturated carbocycles. The molecule has 15 nitrogen and oxygen atoms in total. The standard InChI is InChI=1S/C33H44ClN7O3.C15H20O2.C6H9NO2/c1-7-23(3)24(8-2)21-41(36)16-9-17-43-31-25(20-35)18-27(19-30(31)34)33(4,5)26-10-12-29(13-11-26)44-22-28-14-15-37-32(38-28)39-40(6)42;1-5-10(3)15(17)13-9-7-8-12(6-2)14(13)11(4)16;1-4-2-3-5(8)7-6(4)9/h10-15,18-19,21,23,42H,7-9,16-17,22,36H2,1-6H3,(H,37,38,39);7-10H,5-6H2,1-4H3;4H,2-3H2,1H3,(H,7,8,9)/b24-21-;;. The Hall–Kier alpha value is -6.18. The number of ether oxygens (including phenoxy) is 2. The van der Waals surface area contributed by atoms with Crippen LogP contribution in [0.15, 0.2) is 78.6 Å². The van der Waals surface area contributed by atoms with Crippen molar-refractivity contribution in [3.05, 3.63) is 123 Å². The number of carbonyl (C=O) groups is 4. The van der Waals surface area contributed by atoms with Gasteiger partial charge in [0.2, 0.25) is 17.8 Å². The summed E-state index contributed by atoms with van der Waals surface area (Å²) < 4.78 is 11.9. The molecule has 0 spiro atoms. The zero-order chi connectivity index (χ0) is 52.1. The Bertz CT molecular complexity index is 2450. The van der Waals surface area contributed by atoms with Crippen LogP contribution < -0.4 is 26.1 Å². The number of piperidine rings is 1. The van der Waals surface area contributed by atoms with E-state index in [1.54, 1.807) is 23.3 Å². The number of allylic oxidation sites excluding steroid dienone is 1. The van der Waals surface area contributed by atoms with E-state index < -0.39 is 5.41 Å². The fourth-order valence-electron chi connectivity index (χ4n) is 7.45. The van der Waals surface area contributed by atoms with Gasteiger partial charge < -0.3 is 14.5 Å². The number of imide groups is 1. The monoisotopic (exact) mass is 981 g/mol. The Kier molecular flexibility index (Phi) is 23.6. The van der Waals surface area contributed by atoms with E-state index >= 15 is 0 Å². The number of benzene rings is 3. The number of aryl methyl sites for hydroxylation is 1. The highest BCUT2D eigenvalue weighted by Crippen LogP contribution is 2.39. The largest absolute Gasteiger partial charge is 0.491 e. The molecule has 2 heterocycles. The summed E-state index contributed by atoms with van der Waals surface area (Å²) in [6.45, 7) is 21.2. The number of Topliss-reactive ketones (excluding diaryl/α,β-unsaturated/α-hetero) is 2. The molecule has 5 rings (SSSR count). The summed E-state index contributed by atoms with van der Waals surface area (Å²) in [5, 5.41) is 24.4. The Morgan fingerprint density at radius 1 is 1.04 bits per heavy atom. The highest BCUT2D eigenvalue weighted by Gasteiger charge is 2.27. The molecule has 378 valence electrons. The second-order valence-electron chi connectivity index (χ2n) is 18.0. The van der Waals surface area contributed by atoms with Crippen LogP contribution in [0.3, 0.4) is 0 Å². The van der Waals surface area contributed by atoms with Gasteiger partial charge in [0.15, 0.2) is 17.3 Å². The van der Waals surface area contributed by atoms with E-state index in [1.165, 1.54) is 19.5 Å². The zero-order valence-electron chi connectivity index (χ0n) is 42.8. The molecule has 0 radical (unpaired) electrons. The average molecular weight is 982 g/mol. The van der Waals surface area contributed by atoms with Crippen LogP contribution in [0.4, 0.5) is 5.95 Å². The lowest BCUT2D eigenvalue weighted by Gasteiger charge is -2.27. The number of nitrogens with one attached hydrogen (secondary N) is 2. The number of ketones is 2. The summed E-state index contributed by atoms with van der Waals surface area (Å²) in [4.78, 5) is 53.4. The van der Waals surface area contributed by atoms with Crippen LogP contribution in [0.25, 0.3) is 0 Å². The lowest BCUT2D eigenvalue weighted by atomic mass is 9.77. The molecule has 3 aromatic carbocycles. The summed E-state index contributed by atoms with van der Waals surface area (Å²) in [6, 6.07) is 21.0. The summed E-state index contributed by atoms with van der Waals surface area (Å²) in [6.07, 6.45) is 9.11. The summed E-state index contributed by atoms with van der Waals surface area (Å²) in [5.41, 5.74) is 8.60. The van der Waals surface area contributed by atoms with Crippen LogP contribution in [-0.2, 0) is 28.0 Å². The number of carbonyl (C=O) groups excluding carboxylic acids is 4. The van der Waals surface area contributed by atoms with Crippen molar-refractivity contribution in [3.63, 3.8) is 0 Å². The molecule has 0 aliphatic carbocycles. The first-order valence-corrected chi connectivity index (χ1v) is 24.4. The highest BCUT2D eigenvalue weighted by molar-refractivity contribution is 6.32. The van der Waals surface area contributed by atoms with E-state index in [0.29, 0.717) is 77.2 Å². The third-order valence-electron chi connectivity index (χ3n) is 12.3. The molecule has 0 bridgehead atoms. The minimum atomic E-state index is -0.450. The molecular formula is C54H73ClN8O7. The van der Waals surface area contributed by atoms with Gasteiger partial charge in [-0.3, -0.25) is 35.1 Å². The predicted octanol–water partition coefficient (Wildman–Crippen LogP) is 10.6. The number of anilines is 1. The van der Waals surface area contributed by atoms with Gasteiger partial charge in [-0.1, -0.05) is 110 Å². The van der Waals surface area contributed by atoms with Crippen LogP contribution in [0.2, 0.25) is 5.02 Å². The van der Waals surface area contributed by atoms with E-state index in [4.69, 9.17) is 26.9 Å². The Morgan fingerprint density at radius 2 is 1.73 bits per heavy atom. The van der Waals surface area contributed by atoms with Gasteiger partial charge in [-0.25, -0.2) is 15.8 Å². The number of nitrogens with zero attached hydrogens (tertiary/aromatic N) is 5. The Labute approximate surface area is 419 Å². The normalized spacial score (nSPS) is 14.4. The van der Waals surface area contributed by atoms with Crippen molar-refractivity contribution >= 4 is 40.9 Å². The molecule has 1 saturated heterocycles. The maximum atomic E-state index is 12.2. The molecule has 1 fully saturated rings. The highest BCUT2D eigenvalue weighted by atomic mass is 35.5. The second kappa shape index (κ2) is 28.5. The first-order chi connectivity index (χ1) is 33.2. The van der Waals surface area contributed by atoms with Crippen molar-refractivity contribution < 1.29 is 33.9 Å². The van der Waals surface area contributed by atoms with Crippen LogP contribution in [-0.4, -0.2) is 68.9 Å². The molecule has 3 atom stereocenters. The summed E-state index contributed by atoms with van der Waals surface area (Å²) in [5.74, 6) is 7.80. The third-order valence-corrected chi connectivity index (χ3v) is 12.6. The van der Waals surface area contributed by atoms with E-state index in [-0.39, 0.29) is 47.8 Å². The number of nitrogens with two attached hydrogens (primary N) is 1. The number of nitriles is 1. The van der Waals surface area contributed by atoms with Gasteiger partial charge in [-0.15, -0.1) is 5.17 Å². The van der Waals surface area contributed by atoms with Crippen molar-refractivity contribution in [1.29, 1.82) is 5.26 Å². The molecular weight excluding hydrogens is 908 g/mol. The summed E-state index contributed by atoms with van der Waals surface area (Å²) in [7, 11) is 1.43. The van der Waals surface area contributed by atoms with Crippen molar-refractivity contribution in [2.75, 3.05) is 25.6 Å². The topological polar surface area (TPSA) is 213 Å². The predicted molar refractivity (Wildman–Crippen MR) is 274 cm³/mol. The van der Waals surface area contributed by atoms with E-state index in [2.05, 4.69) is 61.4 Å². The maximum Gasteiger partial charge on any atom is 0.239 e. The van der Waals surface area contributed by atoms with Gasteiger partial charge in [-0.2, -0.15) is 5.26 Å². The van der Waals surface area contributed by atoms with Crippen molar-refractivity contribution in [3.8, 4) is 17.6 Å². The van der Waals surface area contributed by atoms with Gasteiger partial charge in [0.05, 0.1) is 22.9 Å². The second-order valence-corrected chi connectivity index (χ2v) is 18.4. The quantitative estimate of drug-likeness (QED) is 0.0201. The minimum absolute atomic E-state index is 0.0164. The van der Waals surface area contributed by atoms with Crippen LogP contribution in [0.5, 0.6) is 11.5 Å². The zero-order valence-corrected chi connectivity index (χ0v) is 43.6. The molecule has 1 aliphatic rings. The summed E-state index contributed by atoms with van der Waals surface area (Å²) >= 11 is 6.68. The lowest BCUT2D eigenvalue weighted by molar-refractivity contribution is -0.135. The first-order valence-electron chi connectivity index (χ1n) is 24.0. The van der Waals surface area contributed by atoms with Crippen molar-refractivity contribution in [2.24, 2.45) is 23.6 Å².